The highest BCUT2D eigenvalue weighted by atomic mass is 127. The minimum atomic E-state index is -0.593. The van der Waals surface area contributed by atoms with Crippen molar-refractivity contribution in [2.24, 2.45) is 0 Å². The Morgan fingerprint density at radius 3 is 2.59 bits per heavy atom. The van der Waals surface area contributed by atoms with E-state index in [-0.39, 0.29) is 5.82 Å². The van der Waals surface area contributed by atoms with E-state index in [2.05, 4.69) is 22.6 Å². The molecule has 0 aliphatic rings. The van der Waals surface area contributed by atoms with E-state index in [0.717, 1.165) is 14.7 Å². The largest absolute Gasteiger partial charge is 0.388 e. The minimum Gasteiger partial charge on any atom is -0.388 e. The summed E-state index contributed by atoms with van der Waals surface area (Å²) in [7, 11) is 0. The number of hydrogen-bond acceptors (Lipinski definition) is 1. The van der Waals surface area contributed by atoms with E-state index in [9.17, 15) is 9.50 Å². The van der Waals surface area contributed by atoms with E-state index < -0.39 is 6.10 Å². The van der Waals surface area contributed by atoms with Gasteiger partial charge in [-0.3, -0.25) is 0 Å². The fraction of sp³-hybridized carbons (Fsp3) is 0.143. The van der Waals surface area contributed by atoms with Gasteiger partial charge in [-0.15, -0.1) is 0 Å². The molecule has 1 unspecified atom stereocenters. The van der Waals surface area contributed by atoms with Crippen LogP contribution in [0.3, 0.4) is 0 Å². The Balaban J connectivity index is 2.17. The molecular formula is C14H12FIO. The number of rotatable bonds is 3. The molecule has 1 atom stereocenters. The van der Waals surface area contributed by atoms with Crippen molar-refractivity contribution in [3.8, 4) is 0 Å². The molecule has 0 radical (unpaired) electrons. The fourth-order valence-electron chi connectivity index (χ4n) is 1.74. The van der Waals surface area contributed by atoms with Gasteiger partial charge in [0.15, 0.2) is 0 Å². The predicted octanol–water partition coefficient (Wildman–Crippen LogP) is 3.71. The van der Waals surface area contributed by atoms with Gasteiger partial charge in [-0.2, -0.15) is 0 Å². The highest BCUT2D eigenvalue weighted by Gasteiger charge is 2.11. The molecule has 0 aliphatic heterocycles. The summed E-state index contributed by atoms with van der Waals surface area (Å²) < 4.78 is 14.0. The molecule has 17 heavy (non-hydrogen) atoms. The molecule has 0 saturated heterocycles. The van der Waals surface area contributed by atoms with E-state index >= 15 is 0 Å². The first-order chi connectivity index (χ1) is 8.16. The first-order valence-corrected chi connectivity index (χ1v) is 6.41. The molecule has 0 bridgehead atoms. The molecule has 1 N–H and O–H groups in total. The van der Waals surface area contributed by atoms with E-state index in [1.807, 2.05) is 30.3 Å². The minimum absolute atomic E-state index is 0.266. The molecule has 0 fully saturated rings. The third kappa shape index (κ3) is 3.26. The molecular weight excluding hydrogens is 330 g/mol. The summed E-state index contributed by atoms with van der Waals surface area (Å²) in [5.41, 5.74) is 1.69. The van der Waals surface area contributed by atoms with Crippen LogP contribution in [0.1, 0.15) is 17.2 Å². The third-order valence-electron chi connectivity index (χ3n) is 2.58. The van der Waals surface area contributed by atoms with Gasteiger partial charge in [-0.05, 0) is 51.9 Å². The highest BCUT2D eigenvalue weighted by Crippen LogP contribution is 2.23. The fourth-order valence-corrected chi connectivity index (χ4v) is 2.49. The first-order valence-electron chi connectivity index (χ1n) is 5.34. The summed E-state index contributed by atoms with van der Waals surface area (Å²) in [6.07, 6.45) is -0.164. The van der Waals surface area contributed by atoms with E-state index in [1.165, 1.54) is 12.1 Å². The van der Waals surface area contributed by atoms with E-state index in [4.69, 9.17) is 0 Å². The molecule has 0 spiro atoms. The van der Waals surface area contributed by atoms with Crippen LogP contribution >= 0.6 is 22.6 Å². The SMILES string of the molecule is OC(Cc1cccc(F)c1)c1ccccc1I. The van der Waals surface area contributed by atoms with Crippen LogP contribution in [0.15, 0.2) is 48.5 Å². The second-order valence-corrected chi connectivity index (χ2v) is 5.03. The summed E-state index contributed by atoms with van der Waals surface area (Å²) >= 11 is 2.19. The van der Waals surface area contributed by atoms with Gasteiger partial charge in [0.25, 0.3) is 0 Å². The monoisotopic (exact) mass is 342 g/mol. The zero-order valence-corrected chi connectivity index (χ0v) is 11.3. The van der Waals surface area contributed by atoms with Crippen molar-refractivity contribution < 1.29 is 9.50 Å². The van der Waals surface area contributed by atoms with Gasteiger partial charge >= 0.3 is 0 Å². The van der Waals surface area contributed by atoms with Crippen molar-refractivity contribution in [3.63, 3.8) is 0 Å². The Hall–Kier alpha value is -0.940. The van der Waals surface area contributed by atoms with Crippen LogP contribution in [0.5, 0.6) is 0 Å². The van der Waals surface area contributed by atoms with Crippen molar-refractivity contribution in [3.05, 3.63) is 69.0 Å². The van der Waals surface area contributed by atoms with Crippen molar-refractivity contribution in [2.75, 3.05) is 0 Å². The lowest BCUT2D eigenvalue weighted by molar-refractivity contribution is 0.177. The molecule has 0 aromatic heterocycles. The number of hydrogen-bond donors (Lipinski definition) is 1. The quantitative estimate of drug-likeness (QED) is 0.844. The summed E-state index contributed by atoms with van der Waals surface area (Å²) in [5, 5.41) is 10.1. The van der Waals surface area contributed by atoms with Gasteiger partial charge in [0, 0.05) is 9.99 Å². The van der Waals surface area contributed by atoms with Gasteiger partial charge in [0.1, 0.15) is 5.82 Å². The Labute approximate surface area is 113 Å². The molecule has 2 rings (SSSR count). The van der Waals surface area contributed by atoms with Crippen molar-refractivity contribution >= 4 is 22.6 Å². The van der Waals surface area contributed by atoms with Gasteiger partial charge in [0.05, 0.1) is 6.10 Å². The van der Waals surface area contributed by atoms with E-state index in [0.29, 0.717) is 6.42 Å². The molecule has 1 nitrogen and oxygen atoms in total. The standard InChI is InChI=1S/C14H12FIO/c15-11-5-3-4-10(8-11)9-14(17)12-6-1-2-7-13(12)16/h1-8,14,17H,9H2. The zero-order valence-electron chi connectivity index (χ0n) is 9.11. The van der Waals surface area contributed by atoms with Crippen LogP contribution in [-0.2, 0) is 6.42 Å². The Bertz CT molecular complexity index is 513. The molecule has 3 heteroatoms. The van der Waals surface area contributed by atoms with Crippen LogP contribution < -0.4 is 0 Å². The zero-order chi connectivity index (χ0) is 12.3. The topological polar surface area (TPSA) is 20.2 Å². The number of aliphatic hydroxyl groups is 1. The van der Waals surface area contributed by atoms with E-state index in [1.54, 1.807) is 6.07 Å². The molecule has 0 saturated carbocycles. The lowest BCUT2D eigenvalue weighted by Crippen LogP contribution is -2.03. The summed E-state index contributed by atoms with van der Waals surface area (Å²) in [5.74, 6) is -0.266. The Morgan fingerprint density at radius 2 is 1.88 bits per heavy atom. The second-order valence-electron chi connectivity index (χ2n) is 3.87. The number of aliphatic hydroxyl groups excluding tert-OH is 1. The van der Waals surface area contributed by atoms with Gasteiger partial charge in [-0.1, -0.05) is 30.3 Å². The average Bonchev–Trinajstić information content (AvgIpc) is 2.29. The maximum atomic E-state index is 13.0. The van der Waals surface area contributed by atoms with Crippen molar-refractivity contribution in [1.82, 2.24) is 0 Å². The molecule has 88 valence electrons. The maximum Gasteiger partial charge on any atom is 0.123 e. The number of halogens is 2. The molecule has 2 aromatic rings. The maximum absolute atomic E-state index is 13.0. The van der Waals surface area contributed by atoms with Gasteiger partial charge < -0.3 is 5.11 Å². The van der Waals surface area contributed by atoms with Crippen LogP contribution in [0.25, 0.3) is 0 Å². The lowest BCUT2D eigenvalue weighted by Gasteiger charge is -2.12. The summed E-state index contributed by atoms with van der Waals surface area (Å²) in [6, 6.07) is 14.0. The van der Waals surface area contributed by atoms with Crippen molar-refractivity contribution in [1.29, 1.82) is 0 Å². The number of benzene rings is 2. The molecule has 2 aromatic carbocycles. The average molecular weight is 342 g/mol. The van der Waals surface area contributed by atoms with Crippen molar-refractivity contribution in [2.45, 2.75) is 12.5 Å². The van der Waals surface area contributed by atoms with Crippen LogP contribution in [0, 0.1) is 9.39 Å². The van der Waals surface area contributed by atoms with Gasteiger partial charge in [-0.25, -0.2) is 4.39 Å². The third-order valence-corrected chi connectivity index (χ3v) is 3.56. The summed E-state index contributed by atoms with van der Waals surface area (Å²) in [4.78, 5) is 0. The Kier molecular flexibility index (Phi) is 4.12. The normalized spacial score (nSPS) is 12.4. The predicted molar refractivity (Wildman–Crippen MR) is 74.2 cm³/mol. The van der Waals surface area contributed by atoms with Gasteiger partial charge in [0.2, 0.25) is 0 Å². The van der Waals surface area contributed by atoms with Crippen LogP contribution in [0.4, 0.5) is 4.39 Å². The second kappa shape index (κ2) is 5.60. The first kappa shape index (κ1) is 12.5. The van der Waals surface area contributed by atoms with Crippen LogP contribution in [0.2, 0.25) is 0 Å². The van der Waals surface area contributed by atoms with Crippen LogP contribution in [-0.4, -0.2) is 5.11 Å². The molecule has 0 heterocycles. The molecule has 0 amide bonds. The Morgan fingerprint density at radius 1 is 1.12 bits per heavy atom. The highest BCUT2D eigenvalue weighted by molar-refractivity contribution is 14.1. The smallest absolute Gasteiger partial charge is 0.123 e. The lowest BCUT2D eigenvalue weighted by atomic mass is 10.0. The summed E-state index contributed by atoms with van der Waals surface area (Å²) in [6.45, 7) is 0. The molecule has 0 aliphatic carbocycles.